The highest BCUT2D eigenvalue weighted by Gasteiger charge is 2.38. The zero-order chi connectivity index (χ0) is 21.0. The van der Waals surface area contributed by atoms with Crippen LogP contribution in [0.5, 0.6) is 0 Å². The van der Waals surface area contributed by atoms with Crippen LogP contribution in [0.25, 0.3) is 0 Å². The average Bonchev–Trinajstić information content (AvgIpc) is 2.66. The van der Waals surface area contributed by atoms with Gasteiger partial charge >= 0.3 is 0 Å². The second-order valence-corrected chi connectivity index (χ2v) is 9.04. The van der Waals surface area contributed by atoms with Crippen LogP contribution < -0.4 is 4.90 Å². The second kappa shape index (κ2) is 8.66. The molecule has 4 heteroatoms. The first-order valence-electron chi connectivity index (χ1n) is 10.3. The molecule has 0 fully saturated rings. The largest absolute Gasteiger partial charge is 0.369 e. The second-order valence-electron chi connectivity index (χ2n) is 9.04. The summed E-state index contributed by atoms with van der Waals surface area (Å²) in [6, 6.07) is 12.7. The van der Waals surface area contributed by atoms with Crippen molar-refractivity contribution in [1.29, 1.82) is 10.5 Å². The van der Waals surface area contributed by atoms with Crippen molar-refractivity contribution >= 4 is 11.5 Å². The highest BCUT2D eigenvalue weighted by molar-refractivity contribution is 5.99. The van der Waals surface area contributed by atoms with Crippen molar-refractivity contribution in [3.63, 3.8) is 0 Å². The number of hydrogen-bond acceptors (Lipinski definition) is 4. The SMILES string of the molecule is C=C1CC2=C(C(=O)CC(C)(C)C2)C(c2ccc(N(CCC#N)CCC#N)cc2)C1. The van der Waals surface area contributed by atoms with Crippen LogP contribution in [-0.2, 0) is 4.79 Å². The van der Waals surface area contributed by atoms with Gasteiger partial charge in [0, 0.05) is 36.7 Å². The van der Waals surface area contributed by atoms with E-state index in [1.54, 1.807) is 0 Å². The molecule has 150 valence electrons. The van der Waals surface area contributed by atoms with E-state index >= 15 is 0 Å². The highest BCUT2D eigenvalue weighted by atomic mass is 16.1. The van der Waals surface area contributed by atoms with Crippen molar-refractivity contribution in [2.24, 2.45) is 5.41 Å². The zero-order valence-corrected chi connectivity index (χ0v) is 17.5. The number of benzene rings is 1. The molecule has 0 N–H and O–H groups in total. The van der Waals surface area contributed by atoms with Crippen molar-refractivity contribution in [1.82, 2.24) is 0 Å². The van der Waals surface area contributed by atoms with Gasteiger partial charge in [-0.3, -0.25) is 4.79 Å². The Morgan fingerprint density at radius 1 is 1.10 bits per heavy atom. The first kappa shape index (κ1) is 20.9. The summed E-state index contributed by atoms with van der Waals surface area (Å²) in [5.41, 5.74) is 5.70. The lowest BCUT2D eigenvalue weighted by Crippen LogP contribution is -2.31. The molecule has 2 aliphatic rings. The topological polar surface area (TPSA) is 67.9 Å². The molecule has 0 saturated carbocycles. The minimum atomic E-state index is 0.0317. The number of rotatable bonds is 6. The van der Waals surface area contributed by atoms with Crippen LogP contribution in [0, 0.1) is 28.1 Å². The van der Waals surface area contributed by atoms with Crippen LogP contribution in [0.1, 0.15) is 63.9 Å². The number of hydrogen-bond donors (Lipinski definition) is 0. The fourth-order valence-corrected chi connectivity index (χ4v) is 4.77. The maximum Gasteiger partial charge on any atom is 0.160 e. The van der Waals surface area contributed by atoms with E-state index in [0.29, 0.717) is 38.1 Å². The predicted octanol–water partition coefficient (Wildman–Crippen LogP) is 5.44. The number of carbonyl (C=O) groups excluding carboxylic acids is 1. The maximum absolute atomic E-state index is 13.0. The smallest absolute Gasteiger partial charge is 0.160 e. The molecule has 1 unspecified atom stereocenters. The van der Waals surface area contributed by atoms with Crippen molar-refractivity contribution in [3.8, 4) is 12.1 Å². The summed E-state index contributed by atoms with van der Waals surface area (Å²) in [6.45, 7) is 9.82. The van der Waals surface area contributed by atoms with E-state index in [4.69, 9.17) is 10.5 Å². The van der Waals surface area contributed by atoms with E-state index in [1.807, 2.05) is 0 Å². The molecule has 0 heterocycles. The minimum absolute atomic E-state index is 0.0317. The molecule has 0 aliphatic heterocycles. The van der Waals surface area contributed by atoms with E-state index in [-0.39, 0.29) is 11.3 Å². The predicted molar refractivity (Wildman–Crippen MR) is 115 cm³/mol. The van der Waals surface area contributed by atoms with Crippen LogP contribution in [0.3, 0.4) is 0 Å². The molecule has 0 bridgehead atoms. The van der Waals surface area contributed by atoms with Gasteiger partial charge in [0.2, 0.25) is 0 Å². The van der Waals surface area contributed by atoms with Crippen LogP contribution in [0.15, 0.2) is 47.6 Å². The van der Waals surface area contributed by atoms with Gasteiger partial charge in [-0.25, -0.2) is 0 Å². The van der Waals surface area contributed by atoms with Gasteiger partial charge in [-0.1, -0.05) is 43.7 Å². The first-order valence-corrected chi connectivity index (χ1v) is 10.3. The number of ketones is 1. The Morgan fingerprint density at radius 2 is 1.72 bits per heavy atom. The van der Waals surface area contributed by atoms with Crippen LogP contribution in [0.4, 0.5) is 5.69 Å². The summed E-state index contributed by atoms with van der Waals surface area (Å²) in [7, 11) is 0. The molecule has 0 saturated heterocycles. The van der Waals surface area contributed by atoms with Gasteiger partial charge in [0.15, 0.2) is 5.78 Å². The lowest BCUT2D eigenvalue weighted by atomic mass is 9.65. The number of anilines is 1. The Bertz CT molecular complexity index is 891. The number of allylic oxidation sites excluding steroid dienone is 3. The molecule has 0 aromatic heterocycles. The number of nitriles is 2. The molecular formula is C25H29N3O. The molecule has 29 heavy (non-hydrogen) atoms. The van der Waals surface area contributed by atoms with E-state index in [0.717, 1.165) is 36.1 Å². The number of carbonyl (C=O) groups is 1. The summed E-state index contributed by atoms with van der Waals surface area (Å²) < 4.78 is 0. The van der Waals surface area contributed by atoms with E-state index in [9.17, 15) is 4.79 Å². The van der Waals surface area contributed by atoms with Gasteiger partial charge in [0.05, 0.1) is 25.0 Å². The summed E-state index contributed by atoms with van der Waals surface area (Å²) in [5.74, 6) is 0.387. The Morgan fingerprint density at radius 3 is 2.31 bits per heavy atom. The molecule has 0 spiro atoms. The van der Waals surface area contributed by atoms with E-state index in [1.165, 1.54) is 11.1 Å². The maximum atomic E-state index is 13.0. The Kier molecular flexibility index (Phi) is 6.23. The van der Waals surface area contributed by atoms with Crippen molar-refractivity contribution in [2.75, 3.05) is 18.0 Å². The standard InChI is InChI=1S/C25H29N3O/c1-18-14-20-16-25(2,3)17-23(29)24(20)22(15-18)19-6-8-21(9-7-19)28(12-4-10-26)13-5-11-27/h6-9,22H,1,4-5,12-17H2,2-3H3. The zero-order valence-electron chi connectivity index (χ0n) is 17.5. The molecule has 0 radical (unpaired) electrons. The fourth-order valence-electron chi connectivity index (χ4n) is 4.77. The minimum Gasteiger partial charge on any atom is -0.369 e. The molecule has 4 nitrogen and oxygen atoms in total. The summed E-state index contributed by atoms with van der Waals surface area (Å²) in [6.07, 6.45) is 4.12. The molecular weight excluding hydrogens is 358 g/mol. The average molecular weight is 388 g/mol. The third kappa shape index (κ3) is 4.77. The Hall–Kier alpha value is -2.85. The third-order valence-electron chi connectivity index (χ3n) is 5.96. The number of Topliss-reactive ketones (excluding diaryl/α,β-unsaturated/α-hetero) is 1. The van der Waals surface area contributed by atoms with Gasteiger partial charge in [0.1, 0.15) is 0 Å². The molecule has 2 aliphatic carbocycles. The van der Waals surface area contributed by atoms with Crippen molar-refractivity contribution in [2.45, 2.75) is 58.3 Å². The molecule has 1 aromatic carbocycles. The van der Waals surface area contributed by atoms with Crippen LogP contribution >= 0.6 is 0 Å². The van der Waals surface area contributed by atoms with Crippen LogP contribution in [-0.4, -0.2) is 18.9 Å². The molecule has 0 amide bonds. The normalized spacial score (nSPS) is 20.6. The van der Waals surface area contributed by atoms with Gasteiger partial charge in [-0.2, -0.15) is 10.5 Å². The van der Waals surface area contributed by atoms with Gasteiger partial charge in [-0.05, 0) is 42.4 Å². The number of nitrogens with zero attached hydrogens (tertiary/aromatic N) is 3. The summed E-state index contributed by atoms with van der Waals surface area (Å²) >= 11 is 0. The Balaban J connectivity index is 1.88. The van der Waals surface area contributed by atoms with E-state index < -0.39 is 0 Å². The molecule has 1 atom stereocenters. The highest BCUT2D eigenvalue weighted by Crippen LogP contribution is 2.48. The van der Waals surface area contributed by atoms with Gasteiger partial charge < -0.3 is 4.90 Å². The van der Waals surface area contributed by atoms with E-state index in [2.05, 4.69) is 61.7 Å². The summed E-state index contributed by atoms with van der Waals surface area (Å²) in [4.78, 5) is 15.1. The van der Waals surface area contributed by atoms with Gasteiger partial charge in [0.25, 0.3) is 0 Å². The molecule has 1 aromatic rings. The third-order valence-corrected chi connectivity index (χ3v) is 5.96. The molecule has 3 rings (SSSR count). The monoisotopic (exact) mass is 387 g/mol. The summed E-state index contributed by atoms with van der Waals surface area (Å²) in [5, 5.41) is 17.8. The quantitative estimate of drug-likeness (QED) is 0.610. The lowest BCUT2D eigenvalue weighted by Gasteiger charge is -2.39. The van der Waals surface area contributed by atoms with Crippen molar-refractivity contribution < 1.29 is 4.79 Å². The van der Waals surface area contributed by atoms with Gasteiger partial charge in [-0.15, -0.1) is 0 Å². The van der Waals surface area contributed by atoms with Crippen LogP contribution in [0.2, 0.25) is 0 Å². The van der Waals surface area contributed by atoms with Crippen molar-refractivity contribution in [3.05, 3.63) is 53.1 Å². The fraction of sp³-hybridized carbons (Fsp3) is 0.480. The lowest BCUT2D eigenvalue weighted by molar-refractivity contribution is -0.118. The first-order chi connectivity index (χ1) is 13.8. The Labute approximate surface area is 174 Å².